The summed E-state index contributed by atoms with van der Waals surface area (Å²) in [6, 6.07) is 12.3. The highest BCUT2D eigenvalue weighted by Gasteiger charge is 2.35. The van der Waals surface area contributed by atoms with Gasteiger partial charge >= 0.3 is 5.97 Å². The molecule has 0 N–H and O–H groups in total. The molecule has 1 aliphatic rings. The molecule has 1 aliphatic heterocycles. The van der Waals surface area contributed by atoms with E-state index in [0.29, 0.717) is 11.1 Å². The predicted octanol–water partition coefficient (Wildman–Crippen LogP) is 2.99. The number of hydrogen-bond donors (Lipinski definition) is 0. The minimum atomic E-state index is -0.881. The summed E-state index contributed by atoms with van der Waals surface area (Å²) in [4.78, 5) is 23.3. The summed E-state index contributed by atoms with van der Waals surface area (Å²) in [6.45, 7) is 2.64. The summed E-state index contributed by atoms with van der Waals surface area (Å²) in [7, 11) is 0. The summed E-state index contributed by atoms with van der Waals surface area (Å²) < 4.78 is 24.1. The minimum Gasteiger partial charge on any atom is -0.446 e. The molecule has 1 heterocycles. The Hall–Kier alpha value is -3.22. The summed E-state index contributed by atoms with van der Waals surface area (Å²) in [5.74, 6) is -0.763. The molecule has 0 saturated carbocycles. The molecular weight excluding hydrogens is 327 g/mol. The summed E-state index contributed by atoms with van der Waals surface area (Å²) in [6.07, 6.45) is -0.881. The molecule has 1 atom stereocenters. The zero-order valence-corrected chi connectivity index (χ0v) is 13.6. The third kappa shape index (κ3) is 3.50. The highest BCUT2D eigenvalue weighted by atomic mass is 19.1. The van der Waals surface area contributed by atoms with Gasteiger partial charge in [-0.3, -0.25) is 9.59 Å². The Morgan fingerprint density at radius 1 is 1.12 bits per heavy atom. The highest BCUT2D eigenvalue weighted by molar-refractivity contribution is 5.96. The second-order valence-corrected chi connectivity index (χ2v) is 5.38. The van der Waals surface area contributed by atoms with Crippen molar-refractivity contribution < 1.29 is 23.5 Å². The molecule has 0 bridgehead atoms. The second kappa shape index (κ2) is 6.72. The van der Waals surface area contributed by atoms with Crippen LogP contribution < -0.4 is 4.74 Å². The van der Waals surface area contributed by atoms with E-state index in [-0.39, 0.29) is 23.4 Å². The van der Waals surface area contributed by atoms with E-state index in [0.717, 1.165) is 5.01 Å². The van der Waals surface area contributed by atoms with E-state index in [1.165, 1.54) is 38.1 Å². The van der Waals surface area contributed by atoms with Crippen LogP contribution in [0.15, 0.2) is 53.6 Å². The maximum Gasteiger partial charge on any atom is 0.308 e. The maximum absolute atomic E-state index is 13.1. The molecule has 0 unspecified atom stereocenters. The molecule has 0 aliphatic carbocycles. The fourth-order valence-corrected chi connectivity index (χ4v) is 2.41. The van der Waals surface area contributed by atoms with Crippen molar-refractivity contribution in [1.82, 2.24) is 5.01 Å². The first-order chi connectivity index (χ1) is 12.0. The number of hydrogen-bond acceptors (Lipinski definition) is 5. The lowest BCUT2D eigenvalue weighted by atomic mass is 10.1. The third-order valence-corrected chi connectivity index (χ3v) is 3.50. The first-order valence-corrected chi connectivity index (χ1v) is 7.54. The Balaban J connectivity index is 1.97. The van der Waals surface area contributed by atoms with Crippen molar-refractivity contribution >= 4 is 17.8 Å². The van der Waals surface area contributed by atoms with Gasteiger partial charge in [0, 0.05) is 19.4 Å². The number of amides is 1. The van der Waals surface area contributed by atoms with Gasteiger partial charge in [0.15, 0.2) is 0 Å². The number of ether oxygens (including phenoxy) is 2. The average Bonchev–Trinajstić information content (AvgIpc) is 3.01. The average molecular weight is 342 g/mol. The number of esters is 1. The number of nitrogens with zero attached hydrogens (tertiary/aromatic N) is 2. The Bertz CT molecular complexity index is 848. The molecule has 0 saturated heterocycles. The van der Waals surface area contributed by atoms with Gasteiger partial charge in [-0.15, -0.1) is 5.10 Å². The predicted molar refractivity (Wildman–Crippen MR) is 87.0 cm³/mol. The van der Waals surface area contributed by atoms with Crippen LogP contribution in [-0.2, 0) is 14.3 Å². The first-order valence-electron chi connectivity index (χ1n) is 7.54. The fourth-order valence-electron chi connectivity index (χ4n) is 2.41. The number of para-hydroxylation sites is 1. The maximum atomic E-state index is 13.1. The standard InChI is InChI=1S/C18H15FN2O4/c1-11(22)21-18(15-5-3-4-6-16(15)24-12(2)23)25-17(20-21)13-7-9-14(19)10-8-13/h3-10,18H,1-2H3/t18-/m1/s1. The van der Waals surface area contributed by atoms with Crippen LogP contribution in [0.25, 0.3) is 0 Å². The van der Waals surface area contributed by atoms with Crippen LogP contribution in [0.2, 0.25) is 0 Å². The molecule has 3 rings (SSSR count). The van der Waals surface area contributed by atoms with E-state index in [2.05, 4.69) is 5.10 Å². The zero-order chi connectivity index (χ0) is 18.0. The Kier molecular flexibility index (Phi) is 4.47. The van der Waals surface area contributed by atoms with Crippen molar-refractivity contribution in [1.29, 1.82) is 0 Å². The number of carbonyl (C=O) groups excluding carboxylic acids is 2. The Morgan fingerprint density at radius 3 is 2.44 bits per heavy atom. The van der Waals surface area contributed by atoms with Crippen LogP contribution >= 0.6 is 0 Å². The molecule has 0 aromatic heterocycles. The topological polar surface area (TPSA) is 68.2 Å². The van der Waals surface area contributed by atoms with Gasteiger partial charge in [-0.25, -0.2) is 4.39 Å². The number of rotatable bonds is 3. The lowest BCUT2D eigenvalue weighted by Gasteiger charge is -2.21. The van der Waals surface area contributed by atoms with E-state index in [1.807, 2.05) is 0 Å². The summed E-state index contributed by atoms with van der Waals surface area (Å²) in [5, 5.41) is 5.33. The number of hydrazone groups is 1. The van der Waals surface area contributed by atoms with Gasteiger partial charge in [0.2, 0.25) is 18.0 Å². The van der Waals surface area contributed by atoms with Crippen molar-refractivity contribution in [3.8, 4) is 5.75 Å². The Labute approximate surface area is 143 Å². The molecule has 6 nitrogen and oxygen atoms in total. The van der Waals surface area contributed by atoms with Crippen LogP contribution in [0.4, 0.5) is 4.39 Å². The normalized spacial score (nSPS) is 16.2. The monoisotopic (exact) mass is 342 g/mol. The number of carbonyl (C=O) groups is 2. The molecule has 0 fully saturated rings. The van der Waals surface area contributed by atoms with Gasteiger partial charge < -0.3 is 9.47 Å². The van der Waals surface area contributed by atoms with Crippen LogP contribution in [0, 0.1) is 5.82 Å². The quantitative estimate of drug-likeness (QED) is 0.635. The largest absolute Gasteiger partial charge is 0.446 e. The van der Waals surface area contributed by atoms with Crippen molar-refractivity contribution in [3.05, 3.63) is 65.5 Å². The van der Waals surface area contributed by atoms with Crippen molar-refractivity contribution in [2.24, 2.45) is 5.10 Å². The Morgan fingerprint density at radius 2 is 1.80 bits per heavy atom. The van der Waals surface area contributed by atoms with Crippen molar-refractivity contribution in [3.63, 3.8) is 0 Å². The van der Waals surface area contributed by atoms with Crippen molar-refractivity contribution in [2.45, 2.75) is 20.1 Å². The van der Waals surface area contributed by atoms with E-state index in [4.69, 9.17) is 9.47 Å². The summed E-state index contributed by atoms with van der Waals surface area (Å²) in [5.41, 5.74) is 1.01. The molecule has 1 amide bonds. The van der Waals surface area contributed by atoms with Crippen molar-refractivity contribution in [2.75, 3.05) is 0 Å². The molecule has 0 spiro atoms. The molecule has 0 radical (unpaired) electrons. The van der Waals surface area contributed by atoms with Gasteiger partial charge in [-0.1, -0.05) is 12.1 Å². The van der Waals surface area contributed by atoms with Gasteiger partial charge in [0.25, 0.3) is 0 Å². The fraction of sp³-hybridized carbons (Fsp3) is 0.167. The second-order valence-electron chi connectivity index (χ2n) is 5.38. The van der Waals surface area contributed by atoms with Gasteiger partial charge in [-0.05, 0) is 36.4 Å². The van der Waals surface area contributed by atoms with Crippen LogP contribution in [-0.4, -0.2) is 22.8 Å². The molecule has 25 heavy (non-hydrogen) atoms. The van der Waals surface area contributed by atoms with Gasteiger partial charge in [0.1, 0.15) is 11.6 Å². The molecule has 2 aromatic carbocycles. The smallest absolute Gasteiger partial charge is 0.308 e. The molecular formula is C18H15FN2O4. The van der Waals surface area contributed by atoms with Crippen LogP contribution in [0.1, 0.15) is 31.2 Å². The molecule has 7 heteroatoms. The van der Waals surface area contributed by atoms with E-state index in [9.17, 15) is 14.0 Å². The van der Waals surface area contributed by atoms with E-state index in [1.54, 1.807) is 24.3 Å². The number of halogens is 1. The minimum absolute atomic E-state index is 0.179. The lowest BCUT2D eigenvalue weighted by molar-refractivity contribution is -0.135. The SMILES string of the molecule is CC(=O)Oc1ccccc1[C@H]1OC(c2ccc(F)cc2)=NN1C(C)=O. The van der Waals surface area contributed by atoms with E-state index < -0.39 is 12.2 Å². The molecule has 128 valence electrons. The highest BCUT2D eigenvalue weighted by Crippen LogP contribution is 2.35. The molecule has 2 aromatic rings. The van der Waals surface area contributed by atoms with Crippen LogP contribution in [0.3, 0.4) is 0 Å². The van der Waals surface area contributed by atoms with E-state index >= 15 is 0 Å². The van der Waals surface area contributed by atoms with Gasteiger partial charge in [-0.2, -0.15) is 5.01 Å². The lowest BCUT2D eigenvalue weighted by Crippen LogP contribution is -2.26. The number of benzene rings is 2. The first kappa shape index (κ1) is 16.6. The zero-order valence-electron chi connectivity index (χ0n) is 13.6. The van der Waals surface area contributed by atoms with Crippen LogP contribution in [0.5, 0.6) is 5.75 Å². The van der Waals surface area contributed by atoms with Gasteiger partial charge in [0.05, 0.1) is 5.56 Å². The summed E-state index contributed by atoms with van der Waals surface area (Å²) >= 11 is 0. The third-order valence-electron chi connectivity index (χ3n) is 3.50.